The SMILES string of the molecule is C=C(Cl)CSc1nc2ccccc2s1. The first-order valence-corrected chi connectivity index (χ1v) is 6.25. The van der Waals surface area contributed by atoms with Crippen molar-refractivity contribution in [2.45, 2.75) is 4.34 Å². The van der Waals surface area contributed by atoms with Crippen LogP contribution in [0.25, 0.3) is 10.2 Å². The Morgan fingerprint density at radius 3 is 3.00 bits per heavy atom. The Kier molecular flexibility index (Phi) is 3.11. The van der Waals surface area contributed by atoms with E-state index >= 15 is 0 Å². The lowest BCUT2D eigenvalue weighted by molar-refractivity contribution is 1.30. The molecule has 0 atom stereocenters. The summed E-state index contributed by atoms with van der Waals surface area (Å²) in [5.74, 6) is 0.724. The Labute approximate surface area is 95.8 Å². The van der Waals surface area contributed by atoms with Gasteiger partial charge in [0.25, 0.3) is 0 Å². The fourth-order valence-corrected chi connectivity index (χ4v) is 3.04. The highest BCUT2D eigenvalue weighted by Crippen LogP contribution is 2.30. The van der Waals surface area contributed by atoms with E-state index in [0.717, 1.165) is 15.6 Å². The van der Waals surface area contributed by atoms with Gasteiger partial charge in [0.15, 0.2) is 4.34 Å². The van der Waals surface area contributed by atoms with Gasteiger partial charge in [-0.15, -0.1) is 11.3 Å². The highest BCUT2D eigenvalue weighted by molar-refractivity contribution is 8.01. The van der Waals surface area contributed by atoms with E-state index in [0.29, 0.717) is 5.03 Å². The molecule has 0 fully saturated rings. The van der Waals surface area contributed by atoms with Crippen molar-refractivity contribution in [3.8, 4) is 0 Å². The van der Waals surface area contributed by atoms with Crippen molar-refractivity contribution in [2.24, 2.45) is 0 Å². The maximum atomic E-state index is 5.69. The van der Waals surface area contributed by atoms with E-state index in [1.807, 2.05) is 18.2 Å². The first-order chi connectivity index (χ1) is 6.75. The van der Waals surface area contributed by atoms with Crippen LogP contribution in [-0.2, 0) is 0 Å². The van der Waals surface area contributed by atoms with Crippen molar-refractivity contribution in [3.05, 3.63) is 35.9 Å². The highest BCUT2D eigenvalue weighted by Gasteiger charge is 2.03. The van der Waals surface area contributed by atoms with Gasteiger partial charge in [0.2, 0.25) is 0 Å². The maximum Gasteiger partial charge on any atom is 0.151 e. The number of thioether (sulfide) groups is 1. The third kappa shape index (κ3) is 2.29. The average molecular weight is 242 g/mol. The second kappa shape index (κ2) is 4.34. The van der Waals surface area contributed by atoms with Crippen molar-refractivity contribution >= 4 is 44.9 Å². The quantitative estimate of drug-likeness (QED) is 0.749. The molecule has 1 heterocycles. The topological polar surface area (TPSA) is 12.9 Å². The molecule has 0 radical (unpaired) electrons. The van der Waals surface area contributed by atoms with E-state index in [9.17, 15) is 0 Å². The molecule has 0 unspecified atom stereocenters. The Morgan fingerprint density at radius 1 is 1.50 bits per heavy atom. The molecule has 0 aliphatic heterocycles. The maximum absolute atomic E-state index is 5.69. The summed E-state index contributed by atoms with van der Waals surface area (Å²) in [4.78, 5) is 4.47. The number of benzene rings is 1. The summed E-state index contributed by atoms with van der Waals surface area (Å²) in [5, 5.41) is 0.661. The van der Waals surface area contributed by atoms with Gasteiger partial charge in [-0.2, -0.15) is 0 Å². The van der Waals surface area contributed by atoms with Crippen molar-refractivity contribution in [1.29, 1.82) is 0 Å². The predicted molar refractivity (Wildman–Crippen MR) is 65.3 cm³/mol. The van der Waals surface area contributed by atoms with Crippen molar-refractivity contribution in [1.82, 2.24) is 4.98 Å². The van der Waals surface area contributed by atoms with Crippen LogP contribution in [0.1, 0.15) is 0 Å². The van der Waals surface area contributed by atoms with Gasteiger partial charge in [0.1, 0.15) is 0 Å². The monoisotopic (exact) mass is 241 g/mol. The molecule has 1 nitrogen and oxygen atoms in total. The molecule has 0 N–H and O–H groups in total. The standard InChI is InChI=1S/C10H8ClNS2/c1-7(11)6-13-10-12-8-4-2-3-5-9(8)14-10/h2-5H,1,6H2. The summed E-state index contributed by atoms with van der Waals surface area (Å²) in [6, 6.07) is 8.12. The highest BCUT2D eigenvalue weighted by atomic mass is 35.5. The van der Waals surface area contributed by atoms with Crippen LogP contribution in [0.2, 0.25) is 0 Å². The zero-order valence-corrected chi connectivity index (χ0v) is 9.75. The molecular weight excluding hydrogens is 234 g/mol. The summed E-state index contributed by atoms with van der Waals surface area (Å²) >= 11 is 9.01. The van der Waals surface area contributed by atoms with Crippen molar-refractivity contribution < 1.29 is 0 Å². The molecule has 72 valence electrons. The minimum atomic E-state index is 0.661. The minimum Gasteiger partial charge on any atom is -0.230 e. The fraction of sp³-hybridized carbons (Fsp3) is 0.100. The molecular formula is C10H8ClNS2. The first kappa shape index (κ1) is 10.0. The van der Waals surface area contributed by atoms with E-state index in [2.05, 4.69) is 17.6 Å². The summed E-state index contributed by atoms with van der Waals surface area (Å²) in [6.07, 6.45) is 0. The largest absolute Gasteiger partial charge is 0.230 e. The molecule has 14 heavy (non-hydrogen) atoms. The molecule has 0 aliphatic carbocycles. The van der Waals surface area contributed by atoms with Gasteiger partial charge in [-0.3, -0.25) is 0 Å². The third-order valence-electron chi connectivity index (χ3n) is 1.63. The van der Waals surface area contributed by atoms with E-state index in [4.69, 9.17) is 11.6 Å². The molecule has 2 aromatic rings. The molecule has 2 rings (SSSR count). The van der Waals surface area contributed by atoms with E-state index < -0.39 is 0 Å². The van der Waals surface area contributed by atoms with Crippen LogP contribution < -0.4 is 0 Å². The van der Waals surface area contributed by atoms with Crippen LogP contribution in [0.5, 0.6) is 0 Å². The average Bonchev–Trinajstić information content (AvgIpc) is 2.57. The molecule has 1 aromatic carbocycles. The van der Waals surface area contributed by atoms with Crippen molar-refractivity contribution in [2.75, 3.05) is 5.75 Å². The normalized spacial score (nSPS) is 10.6. The number of hydrogen-bond acceptors (Lipinski definition) is 3. The molecule has 0 amide bonds. The van der Waals surface area contributed by atoms with Gasteiger partial charge in [-0.25, -0.2) is 4.98 Å². The Balaban J connectivity index is 2.22. The molecule has 0 spiro atoms. The molecule has 0 saturated carbocycles. The first-order valence-electron chi connectivity index (χ1n) is 4.07. The van der Waals surface area contributed by atoms with Crippen LogP contribution in [0, 0.1) is 0 Å². The Bertz CT molecular complexity index is 431. The number of hydrogen-bond donors (Lipinski definition) is 0. The van der Waals surface area contributed by atoms with E-state index in [-0.39, 0.29) is 0 Å². The Hall–Kier alpha value is -0.510. The third-order valence-corrected chi connectivity index (χ3v) is 4.18. The second-order valence-electron chi connectivity index (χ2n) is 2.75. The van der Waals surface area contributed by atoms with Crippen LogP contribution in [0.15, 0.2) is 40.2 Å². The lowest BCUT2D eigenvalue weighted by Crippen LogP contribution is -1.75. The van der Waals surface area contributed by atoms with Gasteiger partial charge < -0.3 is 0 Å². The molecule has 0 bridgehead atoms. The van der Waals surface area contributed by atoms with Gasteiger partial charge >= 0.3 is 0 Å². The van der Waals surface area contributed by atoms with E-state index in [1.54, 1.807) is 23.1 Å². The molecule has 4 heteroatoms. The predicted octanol–water partition coefficient (Wildman–Crippen LogP) is 4.14. The number of para-hydroxylation sites is 1. The van der Waals surface area contributed by atoms with Gasteiger partial charge in [-0.1, -0.05) is 42.1 Å². The number of fused-ring (bicyclic) bond motifs is 1. The summed E-state index contributed by atoms with van der Waals surface area (Å²) in [7, 11) is 0. The zero-order valence-electron chi connectivity index (χ0n) is 7.37. The van der Waals surface area contributed by atoms with Gasteiger partial charge in [0.05, 0.1) is 10.2 Å². The summed E-state index contributed by atoms with van der Waals surface area (Å²) in [6.45, 7) is 3.65. The summed E-state index contributed by atoms with van der Waals surface area (Å²) < 4.78 is 2.27. The van der Waals surface area contributed by atoms with Crippen LogP contribution in [0.4, 0.5) is 0 Å². The van der Waals surface area contributed by atoms with Gasteiger partial charge in [0, 0.05) is 10.8 Å². The smallest absolute Gasteiger partial charge is 0.151 e. The van der Waals surface area contributed by atoms with E-state index in [1.165, 1.54) is 4.70 Å². The number of thiazole rings is 1. The fourth-order valence-electron chi connectivity index (χ4n) is 1.05. The molecule has 0 saturated heterocycles. The molecule has 1 aromatic heterocycles. The van der Waals surface area contributed by atoms with Crippen LogP contribution in [-0.4, -0.2) is 10.7 Å². The number of nitrogens with zero attached hydrogens (tertiary/aromatic N) is 1. The number of halogens is 1. The second-order valence-corrected chi connectivity index (χ2v) is 5.54. The van der Waals surface area contributed by atoms with Crippen LogP contribution in [0.3, 0.4) is 0 Å². The summed E-state index contributed by atoms with van der Waals surface area (Å²) in [5.41, 5.74) is 1.06. The minimum absolute atomic E-state index is 0.661. The molecule has 0 aliphatic rings. The lowest BCUT2D eigenvalue weighted by Gasteiger charge is -1.91. The van der Waals surface area contributed by atoms with Crippen LogP contribution >= 0.6 is 34.7 Å². The number of aromatic nitrogens is 1. The zero-order chi connectivity index (χ0) is 9.97. The van der Waals surface area contributed by atoms with Gasteiger partial charge in [-0.05, 0) is 12.1 Å². The Morgan fingerprint density at radius 2 is 2.29 bits per heavy atom. The van der Waals surface area contributed by atoms with Crippen molar-refractivity contribution in [3.63, 3.8) is 0 Å². The number of rotatable bonds is 3. The lowest BCUT2D eigenvalue weighted by atomic mass is 10.3.